The minimum absolute atomic E-state index is 0.0251. The fourth-order valence-electron chi connectivity index (χ4n) is 2.20. The molecule has 1 heterocycles. The van der Waals surface area contributed by atoms with Gasteiger partial charge >= 0.3 is 0 Å². The highest BCUT2D eigenvalue weighted by molar-refractivity contribution is 6.31. The third-order valence-corrected chi connectivity index (χ3v) is 4.10. The number of piperazine rings is 1. The summed E-state index contributed by atoms with van der Waals surface area (Å²) in [6.45, 7) is 4.37. The highest BCUT2D eigenvalue weighted by Gasteiger charge is 2.20. The molecule has 0 aliphatic carbocycles. The van der Waals surface area contributed by atoms with E-state index in [4.69, 9.17) is 11.6 Å². The van der Waals surface area contributed by atoms with Crippen molar-refractivity contribution in [2.24, 2.45) is 0 Å². The number of anilines is 1. The second-order valence-electron chi connectivity index (χ2n) is 7.10. The lowest BCUT2D eigenvalue weighted by Crippen LogP contribution is -2.49. The molecule has 0 bridgehead atoms. The summed E-state index contributed by atoms with van der Waals surface area (Å²) in [7, 11) is 6.75. The maximum Gasteiger partial charge on any atom is 0.238 e. The first-order chi connectivity index (χ1) is 14.5. The largest absolute Gasteiger partial charge is 0.351 e. The summed E-state index contributed by atoms with van der Waals surface area (Å²) >= 11 is 5.66. The van der Waals surface area contributed by atoms with Gasteiger partial charge in [-0.3, -0.25) is 24.1 Å². The fraction of sp³-hybridized carbons (Fsp3) is 0.500. The molecule has 0 atom stereocenters. The number of hydrogen-bond donors (Lipinski definition) is 1. The van der Waals surface area contributed by atoms with E-state index in [1.807, 2.05) is 4.90 Å². The van der Waals surface area contributed by atoms with Gasteiger partial charge in [0.05, 0.1) is 11.6 Å². The Morgan fingerprint density at radius 1 is 1.06 bits per heavy atom. The molecule has 11 heteroatoms. The number of benzene rings is 1. The lowest BCUT2D eigenvalue weighted by atomic mass is 10.3. The molecule has 1 saturated heterocycles. The first-order valence-corrected chi connectivity index (χ1v) is 9.84. The van der Waals surface area contributed by atoms with Gasteiger partial charge in [-0.25, -0.2) is 4.39 Å². The molecule has 1 aliphatic heterocycles. The van der Waals surface area contributed by atoms with Crippen molar-refractivity contribution in [3.8, 4) is 0 Å². The van der Waals surface area contributed by atoms with Gasteiger partial charge in [-0.15, -0.1) is 0 Å². The Morgan fingerprint density at radius 3 is 1.94 bits per heavy atom. The van der Waals surface area contributed by atoms with Gasteiger partial charge in [0.25, 0.3) is 0 Å². The normalized spacial score (nSPS) is 12.9. The lowest BCUT2D eigenvalue weighted by molar-refractivity contribution is -0.130. The molecule has 0 spiro atoms. The summed E-state index contributed by atoms with van der Waals surface area (Å²) in [6.07, 6.45) is 1.50. The van der Waals surface area contributed by atoms with E-state index in [1.165, 1.54) is 28.0 Å². The zero-order valence-electron chi connectivity index (χ0n) is 18.6. The summed E-state index contributed by atoms with van der Waals surface area (Å²) in [4.78, 5) is 48.6. The van der Waals surface area contributed by atoms with E-state index in [2.05, 4.69) is 5.32 Å². The fourth-order valence-corrected chi connectivity index (χ4v) is 2.38. The standard InChI is InChI=1S/C14H17ClFN3O2.2C3H7NO/c1-10(20)19-6-4-18(5-7-19)9-14(21)17-11-2-3-13(16)12(15)8-11;2*1-4(2)3-5/h2-3,8H,4-7,9H2,1H3,(H,17,21);2*3H,1-2H3. The quantitative estimate of drug-likeness (QED) is 0.663. The Labute approximate surface area is 187 Å². The first kappa shape index (κ1) is 28.3. The van der Waals surface area contributed by atoms with E-state index in [1.54, 1.807) is 40.0 Å². The molecule has 2 rings (SSSR count). The van der Waals surface area contributed by atoms with Crippen LogP contribution < -0.4 is 5.32 Å². The van der Waals surface area contributed by atoms with Crippen molar-refractivity contribution in [2.75, 3.05) is 66.2 Å². The van der Waals surface area contributed by atoms with Crippen LogP contribution in [0.3, 0.4) is 0 Å². The molecule has 1 aromatic rings. The van der Waals surface area contributed by atoms with Crippen LogP contribution in [0.5, 0.6) is 0 Å². The van der Waals surface area contributed by atoms with Crippen molar-refractivity contribution < 1.29 is 23.6 Å². The molecule has 0 unspecified atom stereocenters. The average Bonchev–Trinajstić information content (AvgIpc) is 2.72. The molecule has 9 nitrogen and oxygen atoms in total. The Hall–Kier alpha value is -2.72. The van der Waals surface area contributed by atoms with Crippen molar-refractivity contribution in [3.05, 3.63) is 29.0 Å². The van der Waals surface area contributed by atoms with Gasteiger partial charge < -0.3 is 20.0 Å². The number of amides is 4. The van der Waals surface area contributed by atoms with Gasteiger partial charge in [-0.05, 0) is 18.2 Å². The number of nitrogens with zero attached hydrogens (tertiary/aromatic N) is 4. The minimum Gasteiger partial charge on any atom is -0.351 e. The monoisotopic (exact) mass is 459 g/mol. The van der Waals surface area contributed by atoms with Gasteiger partial charge in [0.15, 0.2) is 0 Å². The zero-order chi connectivity index (χ0) is 24.0. The van der Waals surface area contributed by atoms with Crippen LogP contribution in [0.1, 0.15) is 6.92 Å². The highest BCUT2D eigenvalue weighted by atomic mass is 35.5. The summed E-state index contributed by atoms with van der Waals surface area (Å²) in [5.41, 5.74) is 0.466. The average molecular weight is 460 g/mol. The molecule has 4 amide bonds. The van der Waals surface area contributed by atoms with Gasteiger partial charge in [-0.1, -0.05) is 11.6 Å². The molecule has 0 saturated carbocycles. The Bertz CT molecular complexity index is 714. The lowest BCUT2D eigenvalue weighted by Gasteiger charge is -2.33. The summed E-state index contributed by atoms with van der Waals surface area (Å²) in [5.74, 6) is -0.649. The number of carbonyl (C=O) groups excluding carboxylic acids is 4. The highest BCUT2D eigenvalue weighted by Crippen LogP contribution is 2.19. The maximum atomic E-state index is 13.0. The summed E-state index contributed by atoms with van der Waals surface area (Å²) in [5, 5.41) is 2.65. The molecule has 1 aliphatic rings. The van der Waals surface area contributed by atoms with Crippen LogP contribution in [0, 0.1) is 5.82 Å². The molecule has 174 valence electrons. The molecular weight excluding hydrogens is 429 g/mol. The predicted molar refractivity (Wildman–Crippen MR) is 118 cm³/mol. The smallest absolute Gasteiger partial charge is 0.238 e. The number of halogens is 2. The van der Waals surface area contributed by atoms with Crippen molar-refractivity contribution in [3.63, 3.8) is 0 Å². The number of rotatable bonds is 5. The second kappa shape index (κ2) is 15.1. The number of hydrogen-bond acceptors (Lipinski definition) is 5. The van der Waals surface area contributed by atoms with Crippen LogP contribution in [-0.4, -0.2) is 105 Å². The van der Waals surface area contributed by atoms with E-state index < -0.39 is 5.82 Å². The van der Waals surface area contributed by atoms with E-state index in [0.717, 1.165) is 12.8 Å². The molecule has 31 heavy (non-hydrogen) atoms. The van der Waals surface area contributed by atoms with Gasteiger partial charge in [0.1, 0.15) is 5.82 Å². The Balaban J connectivity index is 0.000000752. The molecule has 0 radical (unpaired) electrons. The van der Waals surface area contributed by atoms with Crippen LogP contribution in [0.25, 0.3) is 0 Å². The molecular formula is C20H31ClFN5O4. The van der Waals surface area contributed by atoms with Crippen LogP contribution >= 0.6 is 11.6 Å². The maximum absolute atomic E-state index is 13.0. The topological polar surface area (TPSA) is 93.3 Å². The third kappa shape index (κ3) is 13.2. The molecule has 0 aromatic heterocycles. The Kier molecular flexibility index (Phi) is 13.8. The summed E-state index contributed by atoms with van der Waals surface area (Å²) < 4.78 is 13.0. The van der Waals surface area contributed by atoms with Crippen LogP contribution in [0.2, 0.25) is 5.02 Å². The SMILES string of the molecule is CC(=O)N1CCN(CC(=O)Nc2ccc(F)c(Cl)c2)CC1.CN(C)C=O.CN(C)C=O. The molecule has 1 aromatic carbocycles. The van der Waals surface area contributed by atoms with E-state index in [0.29, 0.717) is 31.9 Å². The van der Waals surface area contributed by atoms with Crippen molar-refractivity contribution in [1.82, 2.24) is 19.6 Å². The Morgan fingerprint density at radius 2 is 1.55 bits per heavy atom. The summed E-state index contributed by atoms with van der Waals surface area (Å²) in [6, 6.07) is 4.05. The van der Waals surface area contributed by atoms with Crippen LogP contribution in [0.4, 0.5) is 10.1 Å². The van der Waals surface area contributed by atoms with E-state index >= 15 is 0 Å². The number of nitrogens with one attached hydrogen (secondary N) is 1. The predicted octanol–water partition coefficient (Wildman–Crippen LogP) is 0.991. The minimum atomic E-state index is -0.518. The first-order valence-electron chi connectivity index (χ1n) is 9.46. The third-order valence-electron chi connectivity index (χ3n) is 3.81. The molecule has 1 fully saturated rings. The zero-order valence-corrected chi connectivity index (χ0v) is 19.4. The second-order valence-corrected chi connectivity index (χ2v) is 7.50. The van der Waals surface area contributed by atoms with E-state index in [-0.39, 0.29) is 23.4 Å². The molecule has 1 N–H and O–H groups in total. The van der Waals surface area contributed by atoms with Crippen molar-refractivity contribution >= 4 is 41.9 Å². The van der Waals surface area contributed by atoms with Crippen molar-refractivity contribution in [2.45, 2.75) is 6.92 Å². The van der Waals surface area contributed by atoms with E-state index in [9.17, 15) is 23.6 Å². The van der Waals surface area contributed by atoms with Crippen LogP contribution in [0.15, 0.2) is 18.2 Å². The number of carbonyl (C=O) groups is 4. The van der Waals surface area contributed by atoms with Gasteiger partial charge in [0.2, 0.25) is 24.6 Å². The van der Waals surface area contributed by atoms with Gasteiger partial charge in [0, 0.05) is 67.0 Å². The van der Waals surface area contributed by atoms with Crippen molar-refractivity contribution in [1.29, 1.82) is 0 Å². The van der Waals surface area contributed by atoms with Crippen LogP contribution in [-0.2, 0) is 19.2 Å². The van der Waals surface area contributed by atoms with Gasteiger partial charge in [-0.2, -0.15) is 0 Å².